The third-order valence-corrected chi connectivity index (χ3v) is 6.54. The molecule has 0 saturated heterocycles. The van der Waals surface area contributed by atoms with Gasteiger partial charge in [-0.1, -0.05) is 61.2 Å². The zero-order valence-corrected chi connectivity index (χ0v) is 19.1. The van der Waals surface area contributed by atoms with Gasteiger partial charge in [0, 0.05) is 0 Å². The molecule has 1 atom stereocenters. The zero-order valence-electron chi connectivity index (χ0n) is 18.3. The summed E-state index contributed by atoms with van der Waals surface area (Å²) >= 11 is 1.46. The molecule has 164 valence electrons. The molecule has 0 N–H and O–H groups in total. The second-order valence-electron chi connectivity index (χ2n) is 7.62. The number of thioether (sulfide) groups is 1. The fourth-order valence-electron chi connectivity index (χ4n) is 3.71. The Kier molecular flexibility index (Phi) is 5.75. The van der Waals surface area contributed by atoms with Crippen molar-refractivity contribution in [3.63, 3.8) is 0 Å². The van der Waals surface area contributed by atoms with Gasteiger partial charge in [0.1, 0.15) is 0 Å². The smallest absolute Gasteiger partial charge is 0.266 e. The van der Waals surface area contributed by atoms with Gasteiger partial charge < -0.3 is 0 Å². The molecule has 2 aromatic heterocycles. The van der Waals surface area contributed by atoms with E-state index in [0.717, 1.165) is 17.8 Å². The second-order valence-corrected chi connectivity index (χ2v) is 8.92. The minimum absolute atomic E-state index is 0.0952. The lowest BCUT2D eigenvalue weighted by atomic mass is 10.1. The number of para-hydroxylation sites is 2. The third-order valence-electron chi connectivity index (χ3n) is 5.49. The predicted octanol–water partition coefficient (Wildman–Crippen LogP) is 4.78. The first-order valence-corrected chi connectivity index (χ1v) is 11.6. The van der Waals surface area contributed by atoms with Crippen molar-refractivity contribution in [1.29, 1.82) is 0 Å². The predicted molar refractivity (Wildman–Crippen MR) is 130 cm³/mol. The van der Waals surface area contributed by atoms with Crippen molar-refractivity contribution >= 4 is 22.7 Å². The summed E-state index contributed by atoms with van der Waals surface area (Å²) in [6, 6.07) is 25.2. The summed E-state index contributed by atoms with van der Waals surface area (Å²) in [5, 5.41) is 13.3. The molecule has 0 radical (unpaired) electrons. The summed E-state index contributed by atoms with van der Waals surface area (Å²) in [4.78, 5) is 18.4. The molecular weight excluding hydrogens is 432 g/mol. The molecule has 1 unspecified atom stereocenters. The monoisotopic (exact) mass is 454 g/mol. The number of aromatic nitrogens is 6. The molecule has 0 spiro atoms. The van der Waals surface area contributed by atoms with E-state index in [-0.39, 0.29) is 10.8 Å². The van der Waals surface area contributed by atoms with Crippen LogP contribution in [0, 0.1) is 0 Å². The molecule has 2 heterocycles. The number of nitrogens with zero attached hydrogens (tertiary/aromatic N) is 6. The topological polar surface area (TPSA) is 78.5 Å². The van der Waals surface area contributed by atoms with Gasteiger partial charge in [0.05, 0.1) is 27.5 Å². The van der Waals surface area contributed by atoms with Crippen LogP contribution in [0.4, 0.5) is 0 Å². The molecule has 0 aliphatic heterocycles. The van der Waals surface area contributed by atoms with Crippen molar-refractivity contribution in [3.8, 4) is 11.4 Å². The summed E-state index contributed by atoms with van der Waals surface area (Å²) in [5.74, 6) is 0.682. The highest BCUT2D eigenvalue weighted by Crippen LogP contribution is 2.34. The molecule has 5 aromatic rings. The average molecular weight is 455 g/mol. The molecule has 0 saturated carbocycles. The van der Waals surface area contributed by atoms with Gasteiger partial charge in [-0.25, -0.2) is 4.98 Å². The van der Waals surface area contributed by atoms with Crippen LogP contribution in [0.3, 0.4) is 0 Å². The summed E-state index contributed by atoms with van der Waals surface area (Å²) < 4.78 is 3.40. The van der Waals surface area contributed by atoms with Crippen LogP contribution < -0.4 is 5.56 Å². The molecule has 7 nitrogen and oxygen atoms in total. The van der Waals surface area contributed by atoms with Crippen molar-refractivity contribution in [3.05, 3.63) is 101 Å². The lowest BCUT2D eigenvalue weighted by molar-refractivity contribution is 0.758. The van der Waals surface area contributed by atoms with Crippen LogP contribution in [0.25, 0.3) is 22.3 Å². The SMILES string of the molecule is CCc1ccc(-n2c(SC(C)c3nnnn3-c3ccccc3)nc3ccccc3c2=O)cc1. The molecule has 33 heavy (non-hydrogen) atoms. The molecule has 0 fully saturated rings. The first kappa shape index (κ1) is 21.1. The number of hydrogen-bond donors (Lipinski definition) is 0. The van der Waals surface area contributed by atoms with Gasteiger partial charge in [0.2, 0.25) is 0 Å². The first-order valence-electron chi connectivity index (χ1n) is 10.8. The quantitative estimate of drug-likeness (QED) is 0.271. The maximum Gasteiger partial charge on any atom is 0.266 e. The summed E-state index contributed by atoms with van der Waals surface area (Å²) in [5.41, 5.74) is 3.45. The van der Waals surface area contributed by atoms with Gasteiger partial charge in [-0.05, 0) is 65.7 Å². The summed E-state index contributed by atoms with van der Waals surface area (Å²) in [6.45, 7) is 4.13. The minimum Gasteiger partial charge on any atom is -0.268 e. The number of rotatable bonds is 6. The number of tetrazole rings is 1. The minimum atomic E-state index is -0.158. The highest BCUT2D eigenvalue weighted by molar-refractivity contribution is 7.99. The number of benzene rings is 3. The number of hydrogen-bond acceptors (Lipinski definition) is 6. The van der Waals surface area contributed by atoms with E-state index >= 15 is 0 Å². The van der Waals surface area contributed by atoms with Gasteiger partial charge in [-0.2, -0.15) is 4.68 Å². The van der Waals surface area contributed by atoms with E-state index < -0.39 is 0 Å². The fraction of sp³-hybridized carbons (Fsp3) is 0.160. The van der Waals surface area contributed by atoms with Crippen molar-refractivity contribution in [2.45, 2.75) is 30.7 Å². The van der Waals surface area contributed by atoms with Crippen LogP contribution in [0.1, 0.15) is 30.5 Å². The third kappa shape index (κ3) is 4.05. The summed E-state index contributed by atoms with van der Waals surface area (Å²) in [6.07, 6.45) is 0.936. The maximum atomic E-state index is 13.5. The van der Waals surface area contributed by atoms with E-state index in [9.17, 15) is 4.79 Å². The Morgan fingerprint density at radius 3 is 2.39 bits per heavy atom. The Balaban J connectivity index is 1.61. The van der Waals surface area contributed by atoms with Crippen molar-refractivity contribution in [2.75, 3.05) is 0 Å². The molecule has 0 aliphatic rings. The Morgan fingerprint density at radius 1 is 0.909 bits per heavy atom. The second kappa shape index (κ2) is 8.99. The van der Waals surface area contributed by atoms with Crippen molar-refractivity contribution in [1.82, 2.24) is 29.8 Å². The molecule has 0 aliphatic carbocycles. The Labute approximate surface area is 195 Å². The van der Waals surface area contributed by atoms with Gasteiger partial charge in [0.15, 0.2) is 11.0 Å². The lowest BCUT2D eigenvalue weighted by Crippen LogP contribution is -2.22. The van der Waals surface area contributed by atoms with E-state index in [1.54, 1.807) is 9.25 Å². The highest BCUT2D eigenvalue weighted by atomic mass is 32.2. The van der Waals surface area contributed by atoms with Gasteiger partial charge in [-0.15, -0.1) is 5.10 Å². The zero-order chi connectivity index (χ0) is 22.8. The molecule has 0 bridgehead atoms. The van der Waals surface area contributed by atoms with Crippen LogP contribution in [0.15, 0.2) is 88.8 Å². The summed E-state index contributed by atoms with van der Waals surface area (Å²) in [7, 11) is 0. The van der Waals surface area contributed by atoms with E-state index in [1.807, 2.05) is 85.8 Å². The number of aryl methyl sites for hydroxylation is 1. The van der Waals surface area contributed by atoms with E-state index in [4.69, 9.17) is 4.98 Å². The van der Waals surface area contributed by atoms with Gasteiger partial charge >= 0.3 is 0 Å². The Bertz CT molecular complexity index is 1460. The molecule has 0 amide bonds. The highest BCUT2D eigenvalue weighted by Gasteiger charge is 2.21. The molecule has 5 rings (SSSR count). The van der Waals surface area contributed by atoms with Crippen LogP contribution >= 0.6 is 11.8 Å². The molecule has 3 aromatic carbocycles. The normalized spacial score (nSPS) is 12.2. The Hall–Kier alpha value is -3.78. The number of fused-ring (bicyclic) bond motifs is 1. The van der Waals surface area contributed by atoms with E-state index in [2.05, 4.69) is 22.4 Å². The van der Waals surface area contributed by atoms with Crippen LogP contribution in [0.5, 0.6) is 0 Å². The lowest BCUT2D eigenvalue weighted by Gasteiger charge is -2.16. The van der Waals surface area contributed by atoms with Crippen LogP contribution in [-0.4, -0.2) is 29.8 Å². The van der Waals surface area contributed by atoms with E-state index in [0.29, 0.717) is 21.9 Å². The fourth-order valence-corrected chi connectivity index (χ4v) is 4.72. The first-order chi connectivity index (χ1) is 16.2. The average Bonchev–Trinajstić information content (AvgIpc) is 3.35. The van der Waals surface area contributed by atoms with Crippen molar-refractivity contribution < 1.29 is 0 Å². The van der Waals surface area contributed by atoms with Gasteiger partial charge in [-0.3, -0.25) is 9.36 Å². The van der Waals surface area contributed by atoms with E-state index in [1.165, 1.54) is 17.3 Å². The standard InChI is InChI=1S/C25H22N6OS/c1-3-18-13-15-19(16-14-18)30-24(32)21-11-7-8-12-22(21)26-25(30)33-17(2)23-27-28-29-31(23)20-9-5-4-6-10-20/h4-17H,3H2,1-2H3. The van der Waals surface area contributed by atoms with Gasteiger partial charge in [0.25, 0.3) is 5.56 Å². The molecular formula is C25H22N6OS. The largest absolute Gasteiger partial charge is 0.268 e. The Morgan fingerprint density at radius 2 is 1.64 bits per heavy atom. The van der Waals surface area contributed by atoms with Crippen molar-refractivity contribution in [2.24, 2.45) is 0 Å². The molecule has 8 heteroatoms. The maximum absolute atomic E-state index is 13.5. The van der Waals surface area contributed by atoms with Crippen LogP contribution in [0.2, 0.25) is 0 Å². The van der Waals surface area contributed by atoms with Crippen LogP contribution in [-0.2, 0) is 6.42 Å².